The largest absolute Gasteiger partial charge is 0.497 e. The molecule has 1 atom stereocenters. The van der Waals surface area contributed by atoms with Crippen LogP contribution in [0, 0.1) is 0 Å². The maximum absolute atomic E-state index is 10.6. The molecular formula is C16H18O3S. The molecule has 1 aliphatic carbocycles. The van der Waals surface area contributed by atoms with Crippen LogP contribution >= 0.6 is 11.3 Å². The highest BCUT2D eigenvalue weighted by Gasteiger charge is 2.20. The molecular weight excluding hydrogens is 272 g/mol. The maximum Gasteiger partial charge on any atom is 0.122 e. The average Bonchev–Trinajstić information content (AvgIpc) is 3.07. The van der Waals surface area contributed by atoms with Crippen molar-refractivity contribution in [1.82, 2.24) is 0 Å². The first kappa shape index (κ1) is 13.5. The van der Waals surface area contributed by atoms with E-state index in [2.05, 4.69) is 6.07 Å². The minimum absolute atomic E-state index is 0.616. The molecule has 1 aromatic carbocycles. The maximum atomic E-state index is 10.6. The molecule has 3 nitrogen and oxygen atoms in total. The fourth-order valence-corrected chi connectivity index (χ4v) is 3.91. The standard InChI is InChI=1S/C16H18O3S/c1-18-12-6-11(7-13(9-12)19-2)16(17)15-8-10-4-3-5-14(10)20-15/h6-9,16-17H,3-5H2,1-2H3. The Bertz CT molecular complexity index is 574. The van der Waals surface area contributed by atoms with Gasteiger partial charge in [0, 0.05) is 15.8 Å². The molecule has 0 aliphatic heterocycles. The first-order chi connectivity index (χ1) is 9.71. The molecule has 1 aromatic heterocycles. The highest BCUT2D eigenvalue weighted by molar-refractivity contribution is 7.12. The Kier molecular flexibility index (Phi) is 3.68. The van der Waals surface area contributed by atoms with Crippen LogP contribution in [0.4, 0.5) is 0 Å². The van der Waals surface area contributed by atoms with Crippen molar-refractivity contribution in [3.05, 3.63) is 45.1 Å². The molecule has 1 heterocycles. The topological polar surface area (TPSA) is 38.7 Å². The lowest BCUT2D eigenvalue weighted by Crippen LogP contribution is -1.99. The second-order valence-corrected chi connectivity index (χ2v) is 6.17. The lowest BCUT2D eigenvalue weighted by molar-refractivity contribution is 0.223. The number of ether oxygens (including phenoxy) is 2. The minimum Gasteiger partial charge on any atom is -0.497 e. The van der Waals surface area contributed by atoms with E-state index in [1.54, 1.807) is 25.6 Å². The monoisotopic (exact) mass is 290 g/mol. The molecule has 3 rings (SSSR count). The molecule has 106 valence electrons. The van der Waals surface area contributed by atoms with Crippen LogP contribution in [-0.2, 0) is 12.8 Å². The first-order valence-corrected chi connectivity index (χ1v) is 7.55. The molecule has 0 radical (unpaired) electrons. The predicted molar refractivity (Wildman–Crippen MR) is 80.0 cm³/mol. The molecule has 1 unspecified atom stereocenters. The summed E-state index contributed by atoms with van der Waals surface area (Å²) < 4.78 is 10.5. The Hall–Kier alpha value is -1.52. The number of methoxy groups -OCH3 is 2. The molecule has 0 fully saturated rings. The third-order valence-electron chi connectivity index (χ3n) is 3.72. The zero-order valence-electron chi connectivity index (χ0n) is 11.7. The number of aliphatic hydroxyl groups is 1. The highest BCUT2D eigenvalue weighted by atomic mass is 32.1. The van der Waals surface area contributed by atoms with Crippen molar-refractivity contribution in [2.45, 2.75) is 25.4 Å². The van der Waals surface area contributed by atoms with E-state index in [0.29, 0.717) is 11.5 Å². The summed E-state index contributed by atoms with van der Waals surface area (Å²) in [5.41, 5.74) is 2.21. The highest BCUT2D eigenvalue weighted by Crippen LogP contribution is 2.37. The van der Waals surface area contributed by atoms with Crippen LogP contribution < -0.4 is 9.47 Å². The summed E-state index contributed by atoms with van der Waals surface area (Å²) in [6, 6.07) is 7.67. The second-order valence-electron chi connectivity index (χ2n) is 5.00. The Balaban J connectivity index is 1.94. The Morgan fingerprint density at radius 1 is 1.05 bits per heavy atom. The third kappa shape index (κ3) is 2.41. The van der Waals surface area contributed by atoms with Gasteiger partial charge < -0.3 is 14.6 Å². The molecule has 0 amide bonds. The molecule has 20 heavy (non-hydrogen) atoms. The third-order valence-corrected chi connectivity index (χ3v) is 5.01. The summed E-state index contributed by atoms with van der Waals surface area (Å²) in [6.45, 7) is 0. The van der Waals surface area contributed by atoms with Crippen molar-refractivity contribution in [2.75, 3.05) is 14.2 Å². The summed E-state index contributed by atoms with van der Waals surface area (Å²) in [4.78, 5) is 2.43. The van der Waals surface area contributed by atoms with Gasteiger partial charge in [0.05, 0.1) is 14.2 Å². The number of aryl methyl sites for hydroxylation is 2. The van der Waals surface area contributed by atoms with Gasteiger partial charge in [-0.05, 0) is 48.6 Å². The van der Waals surface area contributed by atoms with E-state index in [-0.39, 0.29) is 0 Å². The van der Waals surface area contributed by atoms with Gasteiger partial charge in [0.15, 0.2) is 0 Å². The van der Waals surface area contributed by atoms with Gasteiger partial charge in [-0.1, -0.05) is 0 Å². The van der Waals surface area contributed by atoms with Gasteiger partial charge in [-0.25, -0.2) is 0 Å². The van der Waals surface area contributed by atoms with Gasteiger partial charge in [0.25, 0.3) is 0 Å². The fraction of sp³-hybridized carbons (Fsp3) is 0.375. The van der Waals surface area contributed by atoms with E-state index in [1.807, 2.05) is 18.2 Å². The van der Waals surface area contributed by atoms with E-state index < -0.39 is 6.10 Å². The Morgan fingerprint density at radius 3 is 2.35 bits per heavy atom. The van der Waals surface area contributed by atoms with Gasteiger partial charge in [0.2, 0.25) is 0 Å². The van der Waals surface area contributed by atoms with Crippen molar-refractivity contribution in [2.24, 2.45) is 0 Å². The molecule has 1 aliphatic rings. The van der Waals surface area contributed by atoms with Crippen LogP contribution in [0.5, 0.6) is 11.5 Å². The normalized spacial score (nSPS) is 14.9. The second kappa shape index (κ2) is 5.46. The van der Waals surface area contributed by atoms with Crippen LogP contribution in [0.3, 0.4) is 0 Å². The smallest absolute Gasteiger partial charge is 0.122 e. The zero-order chi connectivity index (χ0) is 14.1. The van der Waals surface area contributed by atoms with E-state index in [9.17, 15) is 5.11 Å². The fourth-order valence-electron chi connectivity index (χ4n) is 2.64. The van der Waals surface area contributed by atoms with Crippen LogP contribution in [0.15, 0.2) is 24.3 Å². The Labute approximate surface area is 122 Å². The lowest BCUT2D eigenvalue weighted by atomic mass is 10.1. The van der Waals surface area contributed by atoms with Gasteiger partial charge in [-0.15, -0.1) is 11.3 Å². The number of benzene rings is 1. The van der Waals surface area contributed by atoms with Crippen LogP contribution in [0.2, 0.25) is 0 Å². The number of fused-ring (bicyclic) bond motifs is 1. The first-order valence-electron chi connectivity index (χ1n) is 6.74. The van der Waals surface area contributed by atoms with E-state index in [4.69, 9.17) is 9.47 Å². The van der Waals surface area contributed by atoms with E-state index >= 15 is 0 Å². The molecule has 0 spiro atoms. The molecule has 0 bridgehead atoms. The van der Waals surface area contributed by atoms with Gasteiger partial charge in [-0.3, -0.25) is 0 Å². The van der Waals surface area contributed by atoms with E-state index in [0.717, 1.165) is 23.3 Å². The van der Waals surface area contributed by atoms with Crippen molar-refractivity contribution in [1.29, 1.82) is 0 Å². The number of thiophene rings is 1. The van der Waals surface area contributed by atoms with E-state index in [1.165, 1.54) is 16.9 Å². The van der Waals surface area contributed by atoms with Gasteiger partial charge >= 0.3 is 0 Å². The summed E-state index contributed by atoms with van der Waals surface area (Å²) in [5, 5.41) is 10.6. The van der Waals surface area contributed by atoms with Crippen molar-refractivity contribution in [3.8, 4) is 11.5 Å². The van der Waals surface area contributed by atoms with Crippen LogP contribution in [0.25, 0.3) is 0 Å². The zero-order valence-corrected chi connectivity index (χ0v) is 12.5. The predicted octanol–water partition coefficient (Wildman–Crippen LogP) is 3.34. The Morgan fingerprint density at radius 2 is 1.75 bits per heavy atom. The van der Waals surface area contributed by atoms with Crippen LogP contribution in [-0.4, -0.2) is 19.3 Å². The number of hydrogen-bond donors (Lipinski definition) is 1. The summed E-state index contributed by atoms with van der Waals surface area (Å²) in [6.07, 6.45) is 2.91. The molecule has 0 saturated heterocycles. The van der Waals surface area contributed by atoms with Crippen molar-refractivity contribution < 1.29 is 14.6 Å². The number of hydrogen-bond acceptors (Lipinski definition) is 4. The number of rotatable bonds is 4. The summed E-state index contributed by atoms with van der Waals surface area (Å²) in [7, 11) is 3.23. The minimum atomic E-state index is -0.616. The lowest BCUT2D eigenvalue weighted by Gasteiger charge is -2.13. The van der Waals surface area contributed by atoms with Gasteiger partial charge in [0.1, 0.15) is 17.6 Å². The molecule has 0 saturated carbocycles. The van der Waals surface area contributed by atoms with Crippen molar-refractivity contribution >= 4 is 11.3 Å². The molecule has 2 aromatic rings. The van der Waals surface area contributed by atoms with Gasteiger partial charge in [-0.2, -0.15) is 0 Å². The molecule has 1 N–H and O–H groups in total. The van der Waals surface area contributed by atoms with Crippen molar-refractivity contribution in [3.63, 3.8) is 0 Å². The van der Waals surface area contributed by atoms with Crippen LogP contribution in [0.1, 0.15) is 33.4 Å². The SMILES string of the molecule is COc1cc(OC)cc(C(O)c2cc3c(s2)CCC3)c1. The average molecular weight is 290 g/mol. The summed E-state index contributed by atoms with van der Waals surface area (Å²) in [5.74, 6) is 1.39. The summed E-state index contributed by atoms with van der Waals surface area (Å²) >= 11 is 1.72. The number of aliphatic hydroxyl groups excluding tert-OH is 1. The quantitative estimate of drug-likeness (QED) is 0.938. The molecule has 4 heteroatoms.